The van der Waals surface area contributed by atoms with Crippen LogP contribution in [-0.2, 0) is 0 Å². The molecule has 0 aliphatic rings. The second kappa shape index (κ2) is 14.3. The summed E-state index contributed by atoms with van der Waals surface area (Å²) in [6.45, 7) is 0. The van der Waals surface area contributed by atoms with Gasteiger partial charge in [0.1, 0.15) is 22.3 Å². The third-order valence-electron chi connectivity index (χ3n) is 12.1. The molecule has 286 valence electrons. The third kappa shape index (κ3) is 6.06. The van der Waals surface area contributed by atoms with Crippen LogP contribution in [0.4, 0.5) is 17.1 Å². The number of fused-ring (bicyclic) bond motifs is 7. The van der Waals surface area contributed by atoms with E-state index in [9.17, 15) is 0 Å². The number of para-hydroxylation sites is 3. The largest absolute Gasteiger partial charge is 0.456 e. The van der Waals surface area contributed by atoms with E-state index in [0.717, 1.165) is 88.8 Å². The molecule has 0 N–H and O–H groups in total. The summed E-state index contributed by atoms with van der Waals surface area (Å²) >= 11 is 0. The van der Waals surface area contributed by atoms with Gasteiger partial charge in [0, 0.05) is 38.5 Å². The molecule has 10 aromatic carbocycles. The summed E-state index contributed by atoms with van der Waals surface area (Å²) in [5.41, 5.74) is 16.0. The van der Waals surface area contributed by atoms with Crippen molar-refractivity contribution in [2.45, 2.75) is 0 Å². The van der Waals surface area contributed by atoms with E-state index >= 15 is 0 Å². The Labute approximate surface area is 353 Å². The lowest BCUT2D eigenvalue weighted by molar-refractivity contribution is 0.668. The lowest BCUT2D eigenvalue weighted by Crippen LogP contribution is -2.11. The van der Waals surface area contributed by atoms with Gasteiger partial charge in [0.15, 0.2) is 0 Å². The molecule has 61 heavy (non-hydrogen) atoms. The lowest BCUT2D eigenvalue weighted by atomic mass is 9.95. The molecule has 2 aromatic heterocycles. The first-order valence-electron chi connectivity index (χ1n) is 20.7. The molecule has 0 fully saturated rings. The fourth-order valence-electron chi connectivity index (χ4n) is 9.09. The number of furan rings is 2. The summed E-state index contributed by atoms with van der Waals surface area (Å²) < 4.78 is 12.5. The van der Waals surface area contributed by atoms with Crippen molar-refractivity contribution in [1.82, 2.24) is 0 Å². The van der Waals surface area contributed by atoms with E-state index in [1.54, 1.807) is 0 Å². The minimum absolute atomic E-state index is 0.885. The van der Waals surface area contributed by atoms with Crippen LogP contribution in [0.1, 0.15) is 0 Å². The normalized spacial score (nSPS) is 11.6. The topological polar surface area (TPSA) is 29.5 Å². The van der Waals surface area contributed by atoms with Crippen molar-refractivity contribution < 1.29 is 8.83 Å². The summed E-state index contributed by atoms with van der Waals surface area (Å²) in [5, 5.41) is 6.99. The summed E-state index contributed by atoms with van der Waals surface area (Å²) in [6, 6.07) is 80.1. The molecule has 0 aliphatic heterocycles. The molecule has 0 aliphatic carbocycles. The molecule has 0 radical (unpaired) electrons. The van der Waals surface area contributed by atoms with Crippen molar-refractivity contribution >= 4 is 71.7 Å². The van der Waals surface area contributed by atoms with Crippen LogP contribution in [-0.4, -0.2) is 0 Å². The highest BCUT2D eigenvalue weighted by atomic mass is 16.3. The average Bonchev–Trinajstić information content (AvgIpc) is 3.90. The molecule has 0 amide bonds. The van der Waals surface area contributed by atoms with Crippen LogP contribution >= 0.6 is 0 Å². The molecule has 3 heteroatoms. The van der Waals surface area contributed by atoms with Crippen LogP contribution in [0.2, 0.25) is 0 Å². The standard InChI is InChI=1S/C58H37NO2/c1-2-15-47-40(11-1)12-10-19-48(47)43-14-9-13-41(35-43)38-23-29-45(30-24-38)59(46-31-25-39(26-32-46)42-27-33-52-50-17-4-7-21-55(50)61-58(52)37-42)54-20-6-3-16-49(54)44-28-34-57-53(36-44)51-18-5-8-22-56(51)60-57/h1-37H. The first-order chi connectivity index (χ1) is 30.2. The van der Waals surface area contributed by atoms with E-state index in [4.69, 9.17) is 8.83 Å². The number of anilines is 3. The maximum absolute atomic E-state index is 6.27. The summed E-state index contributed by atoms with van der Waals surface area (Å²) in [5.74, 6) is 0. The molecular weight excluding hydrogens is 743 g/mol. The monoisotopic (exact) mass is 779 g/mol. The van der Waals surface area contributed by atoms with Crippen LogP contribution in [0.15, 0.2) is 233 Å². The van der Waals surface area contributed by atoms with E-state index in [-0.39, 0.29) is 0 Å². The molecule has 12 rings (SSSR count). The highest BCUT2D eigenvalue weighted by Gasteiger charge is 2.19. The zero-order valence-corrected chi connectivity index (χ0v) is 33.1. The van der Waals surface area contributed by atoms with Crippen molar-refractivity contribution in [3.8, 4) is 44.5 Å². The summed E-state index contributed by atoms with van der Waals surface area (Å²) in [4.78, 5) is 2.37. The Hall–Kier alpha value is -8.14. The Kier molecular flexibility index (Phi) is 8.17. The lowest BCUT2D eigenvalue weighted by Gasteiger charge is -2.28. The molecular formula is C58H37NO2. The Morgan fingerprint density at radius 1 is 0.262 bits per heavy atom. The predicted molar refractivity (Wildman–Crippen MR) is 255 cm³/mol. The van der Waals surface area contributed by atoms with Gasteiger partial charge in [0.2, 0.25) is 0 Å². The van der Waals surface area contributed by atoms with Gasteiger partial charge in [-0.25, -0.2) is 0 Å². The minimum atomic E-state index is 0.885. The van der Waals surface area contributed by atoms with E-state index in [1.165, 1.54) is 27.5 Å². The number of benzene rings is 10. The molecule has 0 spiro atoms. The van der Waals surface area contributed by atoms with Gasteiger partial charge in [-0.15, -0.1) is 0 Å². The molecule has 0 atom stereocenters. The van der Waals surface area contributed by atoms with Gasteiger partial charge in [-0.3, -0.25) is 0 Å². The van der Waals surface area contributed by atoms with Crippen LogP contribution in [0.25, 0.3) is 99.2 Å². The maximum Gasteiger partial charge on any atom is 0.136 e. The molecule has 2 heterocycles. The Balaban J connectivity index is 0.959. The number of hydrogen-bond acceptors (Lipinski definition) is 3. The fourth-order valence-corrected chi connectivity index (χ4v) is 9.09. The van der Waals surface area contributed by atoms with Crippen LogP contribution in [0.3, 0.4) is 0 Å². The van der Waals surface area contributed by atoms with E-state index in [1.807, 2.05) is 24.3 Å². The second-order valence-corrected chi connectivity index (χ2v) is 15.7. The van der Waals surface area contributed by atoms with Gasteiger partial charge in [-0.05, 0) is 123 Å². The highest BCUT2D eigenvalue weighted by molar-refractivity contribution is 6.08. The molecule has 0 unspecified atom stereocenters. The first-order valence-corrected chi connectivity index (χ1v) is 20.7. The molecule has 0 saturated heterocycles. The van der Waals surface area contributed by atoms with Gasteiger partial charge in [0.05, 0.1) is 5.69 Å². The first kappa shape index (κ1) is 34.9. The predicted octanol–water partition coefficient (Wildman–Crippen LogP) is 16.8. The summed E-state index contributed by atoms with van der Waals surface area (Å²) in [7, 11) is 0. The SMILES string of the molecule is c1cc(-c2ccc(N(c3ccc(-c4ccc5c(c4)oc4ccccc45)cc3)c3ccccc3-c3ccc4oc5ccccc5c4c3)cc2)cc(-c2cccc3ccccc23)c1. The summed E-state index contributed by atoms with van der Waals surface area (Å²) in [6.07, 6.45) is 0. The molecule has 3 nitrogen and oxygen atoms in total. The van der Waals surface area contributed by atoms with E-state index in [2.05, 4.69) is 205 Å². The quantitative estimate of drug-likeness (QED) is 0.161. The van der Waals surface area contributed by atoms with Gasteiger partial charge in [-0.2, -0.15) is 0 Å². The molecule has 12 aromatic rings. The fraction of sp³-hybridized carbons (Fsp3) is 0. The zero-order valence-electron chi connectivity index (χ0n) is 33.1. The molecule has 0 bridgehead atoms. The second-order valence-electron chi connectivity index (χ2n) is 15.7. The van der Waals surface area contributed by atoms with Crippen LogP contribution in [0.5, 0.6) is 0 Å². The van der Waals surface area contributed by atoms with E-state index < -0.39 is 0 Å². The van der Waals surface area contributed by atoms with Crippen LogP contribution < -0.4 is 4.90 Å². The number of hydrogen-bond donors (Lipinski definition) is 0. The van der Waals surface area contributed by atoms with Crippen molar-refractivity contribution in [3.05, 3.63) is 224 Å². The maximum atomic E-state index is 6.27. The van der Waals surface area contributed by atoms with Gasteiger partial charge in [-0.1, -0.05) is 152 Å². The van der Waals surface area contributed by atoms with Crippen molar-refractivity contribution in [2.75, 3.05) is 4.90 Å². The van der Waals surface area contributed by atoms with Crippen molar-refractivity contribution in [2.24, 2.45) is 0 Å². The zero-order chi connectivity index (χ0) is 40.3. The minimum Gasteiger partial charge on any atom is -0.456 e. The number of nitrogens with zero attached hydrogens (tertiary/aromatic N) is 1. The smallest absolute Gasteiger partial charge is 0.136 e. The van der Waals surface area contributed by atoms with E-state index in [0.29, 0.717) is 0 Å². The third-order valence-corrected chi connectivity index (χ3v) is 12.1. The number of rotatable bonds is 7. The van der Waals surface area contributed by atoms with Gasteiger partial charge < -0.3 is 13.7 Å². The van der Waals surface area contributed by atoms with Crippen LogP contribution in [0, 0.1) is 0 Å². The Morgan fingerprint density at radius 2 is 0.754 bits per heavy atom. The molecule has 0 saturated carbocycles. The van der Waals surface area contributed by atoms with Crippen molar-refractivity contribution in [1.29, 1.82) is 0 Å². The Morgan fingerprint density at radius 3 is 1.52 bits per heavy atom. The van der Waals surface area contributed by atoms with Gasteiger partial charge >= 0.3 is 0 Å². The van der Waals surface area contributed by atoms with Crippen molar-refractivity contribution in [3.63, 3.8) is 0 Å². The Bertz CT molecular complexity index is 3590. The highest BCUT2D eigenvalue weighted by Crippen LogP contribution is 2.44. The van der Waals surface area contributed by atoms with Gasteiger partial charge in [0.25, 0.3) is 0 Å². The average molecular weight is 780 g/mol.